The number of alkyl halides is 5. The lowest BCUT2D eigenvalue weighted by Crippen LogP contribution is -2.52. The van der Waals surface area contributed by atoms with Crippen molar-refractivity contribution >= 4 is 29.1 Å². The third-order valence-corrected chi connectivity index (χ3v) is 3.88. The van der Waals surface area contributed by atoms with E-state index >= 15 is 0 Å². The van der Waals surface area contributed by atoms with Crippen LogP contribution in [0.15, 0.2) is 18.2 Å². The van der Waals surface area contributed by atoms with Gasteiger partial charge in [0.25, 0.3) is 18.2 Å². The smallest absolute Gasteiger partial charge is 0.370 e. The lowest BCUT2D eigenvalue weighted by Gasteiger charge is -2.27. The third kappa shape index (κ3) is 6.09. The van der Waals surface area contributed by atoms with Crippen LogP contribution < -0.4 is 21.3 Å². The first-order chi connectivity index (χ1) is 13.5. The van der Waals surface area contributed by atoms with Gasteiger partial charge in [-0.2, -0.15) is 13.2 Å². The first-order valence-electron chi connectivity index (χ1n) is 8.20. The van der Waals surface area contributed by atoms with Crippen LogP contribution in [0.1, 0.15) is 12.0 Å². The molecular weight excluding hydrogens is 407 g/mol. The molecule has 0 unspecified atom stereocenters. The number of amides is 3. The van der Waals surface area contributed by atoms with Gasteiger partial charge in [0.2, 0.25) is 5.91 Å². The van der Waals surface area contributed by atoms with Crippen LogP contribution in [0.4, 0.5) is 33.3 Å². The highest BCUT2D eigenvalue weighted by Gasteiger charge is 2.33. The predicted molar refractivity (Wildman–Crippen MR) is 90.2 cm³/mol. The highest BCUT2D eigenvalue weighted by Crippen LogP contribution is 2.32. The van der Waals surface area contributed by atoms with Crippen molar-refractivity contribution in [2.24, 2.45) is 5.73 Å². The SMILES string of the molecule is NC(=O)[C@@H](NCC(F)(F)F)C(=O)Nc1ccc(N2CCOCC2=O)cc1C(F)F. The molecule has 1 heterocycles. The molecule has 1 aromatic carbocycles. The molecule has 1 fully saturated rings. The molecule has 0 saturated carbocycles. The summed E-state index contributed by atoms with van der Waals surface area (Å²) in [6, 6.07) is 1.20. The summed E-state index contributed by atoms with van der Waals surface area (Å²) >= 11 is 0. The molecule has 0 aromatic heterocycles. The maximum absolute atomic E-state index is 13.5. The molecule has 0 radical (unpaired) electrons. The number of halogens is 5. The minimum Gasteiger partial charge on any atom is -0.370 e. The monoisotopic (exact) mass is 424 g/mol. The molecule has 2 rings (SSSR count). The molecule has 8 nitrogen and oxygen atoms in total. The quantitative estimate of drug-likeness (QED) is 0.445. The Balaban J connectivity index is 2.23. The Kier molecular flexibility index (Phi) is 7.08. The molecule has 3 amide bonds. The number of carbonyl (C=O) groups is 3. The van der Waals surface area contributed by atoms with Gasteiger partial charge >= 0.3 is 6.18 Å². The summed E-state index contributed by atoms with van der Waals surface area (Å²) < 4.78 is 68.8. The van der Waals surface area contributed by atoms with Gasteiger partial charge in [0.1, 0.15) is 6.61 Å². The van der Waals surface area contributed by atoms with Crippen molar-refractivity contribution in [3.05, 3.63) is 23.8 Å². The van der Waals surface area contributed by atoms with Gasteiger partial charge in [-0.15, -0.1) is 0 Å². The first-order valence-corrected chi connectivity index (χ1v) is 8.20. The van der Waals surface area contributed by atoms with Crippen molar-refractivity contribution in [3.63, 3.8) is 0 Å². The molecule has 1 aliphatic rings. The van der Waals surface area contributed by atoms with Crippen molar-refractivity contribution in [2.75, 3.05) is 36.5 Å². The average molecular weight is 424 g/mol. The van der Waals surface area contributed by atoms with Crippen molar-refractivity contribution in [2.45, 2.75) is 18.6 Å². The molecule has 1 aromatic rings. The zero-order valence-corrected chi connectivity index (χ0v) is 14.8. The Morgan fingerprint density at radius 1 is 1.28 bits per heavy atom. The summed E-state index contributed by atoms with van der Waals surface area (Å²) in [6.07, 6.45) is -7.81. The molecule has 29 heavy (non-hydrogen) atoms. The van der Waals surface area contributed by atoms with Crippen molar-refractivity contribution < 1.29 is 41.1 Å². The van der Waals surface area contributed by atoms with Crippen molar-refractivity contribution in [1.82, 2.24) is 5.32 Å². The number of primary amides is 1. The largest absolute Gasteiger partial charge is 0.401 e. The Morgan fingerprint density at radius 3 is 2.52 bits per heavy atom. The van der Waals surface area contributed by atoms with E-state index in [1.807, 2.05) is 5.32 Å². The maximum atomic E-state index is 13.5. The van der Waals surface area contributed by atoms with Crippen LogP contribution in [-0.4, -0.2) is 56.2 Å². The lowest BCUT2D eigenvalue weighted by atomic mass is 10.1. The van der Waals surface area contributed by atoms with E-state index in [-0.39, 0.29) is 25.4 Å². The van der Waals surface area contributed by atoms with Gasteiger partial charge in [0.05, 0.1) is 13.2 Å². The summed E-state index contributed by atoms with van der Waals surface area (Å²) in [5, 5.41) is 3.60. The Hall–Kier alpha value is -2.80. The molecular formula is C16H17F5N4O4. The van der Waals surface area contributed by atoms with E-state index in [1.165, 1.54) is 11.0 Å². The van der Waals surface area contributed by atoms with Crippen LogP contribution >= 0.6 is 0 Å². The topological polar surface area (TPSA) is 114 Å². The molecule has 13 heteroatoms. The standard InChI is InChI=1S/C16H17F5N4O4/c17-13(18)9-5-8(25-3-4-29-6-11(25)26)1-2-10(9)24-15(28)12(14(22)27)23-7-16(19,20)21/h1-2,5,12-13,23H,3-4,6-7H2,(H2,22,27)(H,24,28)/t12-/m1/s1. The molecule has 1 atom stereocenters. The number of benzene rings is 1. The van der Waals surface area contributed by atoms with E-state index in [9.17, 15) is 36.3 Å². The molecule has 160 valence electrons. The first kappa shape index (κ1) is 22.5. The number of morpholine rings is 1. The number of nitrogens with zero attached hydrogens (tertiary/aromatic N) is 1. The van der Waals surface area contributed by atoms with Gasteiger partial charge in [0, 0.05) is 23.5 Å². The summed E-state index contributed by atoms with van der Waals surface area (Å²) in [7, 11) is 0. The summed E-state index contributed by atoms with van der Waals surface area (Å²) in [5.41, 5.74) is 3.93. The second kappa shape index (κ2) is 9.13. The lowest BCUT2D eigenvalue weighted by molar-refractivity contribution is -0.135. The van der Waals surface area contributed by atoms with Crippen LogP contribution in [0.25, 0.3) is 0 Å². The number of hydrogen-bond donors (Lipinski definition) is 3. The van der Waals surface area contributed by atoms with Crippen LogP contribution in [0.5, 0.6) is 0 Å². The second-order valence-electron chi connectivity index (χ2n) is 5.99. The van der Waals surface area contributed by atoms with Gasteiger partial charge in [-0.1, -0.05) is 0 Å². The predicted octanol–water partition coefficient (Wildman–Crippen LogP) is 0.932. The van der Waals surface area contributed by atoms with Crippen molar-refractivity contribution in [1.29, 1.82) is 0 Å². The average Bonchev–Trinajstić information content (AvgIpc) is 2.61. The highest BCUT2D eigenvalue weighted by molar-refractivity contribution is 6.10. The van der Waals surface area contributed by atoms with Gasteiger partial charge in [-0.05, 0) is 18.2 Å². The zero-order valence-electron chi connectivity index (χ0n) is 14.8. The van der Waals surface area contributed by atoms with E-state index in [0.29, 0.717) is 0 Å². The number of nitrogens with one attached hydrogen (secondary N) is 2. The summed E-state index contributed by atoms with van der Waals surface area (Å²) in [5.74, 6) is -3.20. The fourth-order valence-electron chi connectivity index (χ4n) is 2.55. The third-order valence-electron chi connectivity index (χ3n) is 3.88. The molecule has 0 bridgehead atoms. The fraction of sp³-hybridized carbons (Fsp3) is 0.438. The van der Waals surface area contributed by atoms with Crippen LogP contribution in [-0.2, 0) is 19.1 Å². The molecule has 1 aliphatic heterocycles. The molecule has 0 aliphatic carbocycles. The number of rotatable bonds is 7. The van der Waals surface area contributed by atoms with Crippen LogP contribution in [0.3, 0.4) is 0 Å². The zero-order chi connectivity index (χ0) is 21.8. The van der Waals surface area contributed by atoms with Crippen LogP contribution in [0.2, 0.25) is 0 Å². The van der Waals surface area contributed by atoms with Gasteiger partial charge in [-0.25, -0.2) is 8.78 Å². The number of anilines is 2. The van der Waals surface area contributed by atoms with E-state index in [2.05, 4.69) is 0 Å². The fourth-order valence-corrected chi connectivity index (χ4v) is 2.55. The van der Waals surface area contributed by atoms with Crippen LogP contribution in [0, 0.1) is 0 Å². The Bertz CT molecular complexity index is 787. The Morgan fingerprint density at radius 2 is 1.97 bits per heavy atom. The highest BCUT2D eigenvalue weighted by atomic mass is 19.4. The number of nitrogens with two attached hydrogens (primary N) is 1. The summed E-state index contributed by atoms with van der Waals surface area (Å²) in [6.45, 7) is -1.56. The van der Waals surface area contributed by atoms with Gasteiger partial charge in [-0.3, -0.25) is 19.7 Å². The van der Waals surface area contributed by atoms with E-state index in [0.717, 1.165) is 12.1 Å². The molecule has 4 N–H and O–H groups in total. The van der Waals surface area contributed by atoms with E-state index in [1.54, 1.807) is 5.32 Å². The molecule has 0 spiro atoms. The minimum absolute atomic E-state index is 0.133. The van der Waals surface area contributed by atoms with Gasteiger partial charge < -0.3 is 20.7 Å². The normalized spacial score (nSPS) is 16.1. The Labute approximate surface area is 161 Å². The summed E-state index contributed by atoms with van der Waals surface area (Å²) in [4.78, 5) is 36.5. The maximum Gasteiger partial charge on any atom is 0.401 e. The number of ether oxygens (including phenoxy) is 1. The van der Waals surface area contributed by atoms with Crippen molar-refractivity contribution in [3.8, 4) is 0 Å². The van der Waals surface area contributed by atoms with E-state index in [4.69, 9.17) is 10.5 Å². The second-order valence-corrected chi connectivity index (χ2v) is 5.99. The molecule has 1 saturated heterocycles. The van der Waals surface area contributed by atoms with Gasteiger partial charge in [0.15, 0.2) is 6.04 Å². The number of hydrogen-bond acceptors (Lipinski definition) is 5. The number of carbonyl (C=O) groups excluding carboxylic acids is 3. The van der Waals surface area contributed by atoms with E-state index < -0.39 is 54.2 Å². The minimum atomic E-state index is -4.73.